The van der Waals surface area contributed by atoms with E-state index >= 15 is 0 Å². The molecule has 6 heteroatoms. The van der Waals surface area contributed by atoms with Gasteiger partial charge in [0.25, 0.3) is 5.91 Å². The molecule has 0 saturated heterocycles. The topological polar surface area (TPSA) is 46.9 Å². The van der Waals surface area contributed by atoms with Crippen molar-refractivity contribution in [3.8, 4) is 5.69 Å². The van der Waals surface area contributed by atoms with Gasteiger partial charge in [0.2, 0.25) is 0 Å². The van der Waals surface area contributed by atoms with Crippen LogP contribution in [-0.4, -0.2) is 22.2 Å². The number of hydrogen-bond donors (Lipinski definition) is 1. The molecule has 2 aromatic carbocycles. The van der Waals surface area contributed by atoms with E-state index in [2.05, 4.69) is 10.4 Å². The predicted molar refractivity (Wildman–Crippen MR) is 86.0 cm³/mol. The van der Waals surface area contributed by atoms with Gasteiger partial charge in [-0.05, 0) is 30.3 Å². The molecule has 0 unspecified atom stereocenters. The number of halogens is 2. The number of carbonyl (C=O) groups excluding carboxylic acids is 1. The first-order valence-corrected chi connectivity index (χ1v) is 7.47. The molecule has 0 radical (unpaired) electrons. The van der Waals surface area contributed by atoms with Crippen molar-refractivity contribution in [3.05, 3.63) is 83.7 Å². The van der Waals surface area contributed by atoms with Crippen molar-refractivity contribution in [2.24, 2.45) is 0 Å². The maximum Gasteiger partial charge on any atom is 0.257 e. The monoisotopic (exact) mass is 327 g/mol. The summed E-state index contributed by atoms with van der Waals surface area (Å²) in [7, 11) is 0. The van der Waals surface area contributed by atoms with Crippen molar-refractivity contribution in [3.63, 3.8) is 0 Å². The lowest BCUT2D eigenvalue weighted by Crippen LogP contribution is -2.27. The van der Waals surface area contributed by atoms with Gasteiger partial charge in [0.1, 0.15) is 17.2 Å². The van der Waals surface area contributed by atoms with Gasteiger partial charge in [0.15, 0.2) is 0 Å². The highest BCUT2D eigenvalue weighted by Crippen LogP contribution is 2.12. The highest BCUT2D eigenvalue weighted by atomic mass is 19.1. The molecule has 0 fully saturated rings. The fraction of sp³-hybridized carbons (Fsp3) is 0.111. The van der Waals surface area contributed by atoms with E-state index in [4.69, 9.17) is 0 Å². The Hall–Kier alpha value is -3.02. The summed E-state index contributed by atoms with van der Waals surface area (Å²) in [6, 6.07) is 14.8. The van der Waals surface area contributed by atoms with Crippen LogP contribution in [0.25, 0.3) is 5.69 Å². The predicted octanol–water partition coefficient (Wildman–Crippen LogP) is 3.12. The van der Waals surface area contributed by atoms with Gasteiger partial charge < -0.3 is 5.32 Å². The van der Waals surface area contributed by atoms with Crippen LogP contribution in [0.5, 0.6) is 0 Å². The van der Waals surface area contributed by atoms with Crippen molar-refractivity contribution < 1.29 is 13.6 Å². The van der Waals surface area contributed by atoms with Crippen LogP contribution in [0, 0.1) is 11.6 Å². The molecule has 1 N–H and O–H groups in total. The molecule has 0 atom stereocenters. The van der Waals surface area contributed by atoms with Gasteiger partial charge in [-0.3, -0.25) is 4.79 Å². The third-order valence-electron chi connectivity index (χ3n) is 3.52. The molecule has 0 spiro atoms. The zero-order chi connectivity index (χ0) is 16.9. The van der Waals surface area contributed by atoms with Crippen LogP contribution < -0.4 is 5.32 Å². The maximum absolute atomic E-state index is 13.5. The molecule has 0 aliphatic rings. The van der Waals surface area contributed by atoms with Gasteiger partial charge in [-0.15, -0.1) is 0 Å². The molecule has 0 saturated carbocycles. The lowest BCUT2D eigenvalue weighted by atomic mass is 10.2. The SMILES string of the molecule is O=C(NCCc1ccn(-c2ccccc2)n1)c1c(F)cccc1F. The third-order valence-corrected chi connectivity index (χ3v) is 3.52. The smallest absolute Gasteiger partial charge is 0.257 e. The van der Waals surface area contributed by atoms with Crippen molar-refractivity contribution in [2.75, 3.05) is 6.54 Å². The summed E-state index contributed by atoms with van der Waals surface area (Å²) in [5.74, 6) is -2.52. The average Bonchev–Trinajstić information content (AvgIpc) is 3.04. The average molecular weight is 327 g/mol. The first-order valence-electron chi connectivity index (χ1n) is 7.47. The fourth-order valence-corrected chi connectivity index (χ4v) is 2.33. The summed E-state index contributed by atoms with van der Waals surface area (Å²) >= 11 is 0. The molecule has 0 aliphatic carbocycles. The summed E-state index contributed by atoms with van der Waals surface area (Å²) < 4.78 is 28.8. The Morgan fingerprint density at radius 2 is 1.71 bits per heavy atom. The summed E-state index contributed by atoms with van der Waals surface area (Å²) in [5, 5.41) is 6.91. The van der Waals surface area contributed by atoms with Gasteiger partial charge in [0, 0.05) is 19.2 Å². The van der Waals surface area contributed by atoms with Crippen LogP contribution >= 0.6 is 0 Å². The van der Waals surface area contributed by atoms with Gasteiger partial charge in [-0.25, -0.2) is 13.5 Å². The van der Waals surface area contributed by atoms with Crippen molar-refractivity contribution in [1.29, 1.82) is 0 Å². The zero-order valence-corrected chi connectivity index (χ0v) is 12.7. The lowest BCUT2D eigenvalue weighted by molar-refractivity contribution is 0.0945. The first-order chi connectivity index (χ1) is 11.6. The molecule has 1 aromatic heterocycles. The highest BCUT2D eigenvalue weighted by molar-refractivity contribution is 5.94. The molecular weight excluding hydrogens is 312 g/mol. The molecule has 0 bridgehead atoms. The third kappa shape index (κ3) is 3.48. The van der Waals surface area contributed by atoms with E-state index in [0.29, 0.717) is 6.42 Å². The second-order valence-electron chi connectivity index (χ2n) is 5.19. The molecule has 24 heavy (non-hydrogen) atoms. The van der Waals surface area contributed by atoms with E-state index in [1.807, 2.05) is 42.6 Å². The number of nitrogens with zero attached hydrogens (tertiary/aromatic N) is 2. The van der Waals surface area contributed by atoms with Gasteiger partial charge in [0.05, 0.1) is 11.4 Å². The van der Waals surface area contributed by atoms with Crippen LogP contribution in [0.3, 0.4) is 0 Å². The second-order valence-corrected chi connectivity index (χ2v) is 5.19. The number of para-hydroxylation sites is 1. The number of hydrogen-bond acceptors (Lipinski definition) is 2. The van der Waals surface area contributed by atoms with Crippen molar-refractivity contribution in [1.82, 2.24) is 15.1 Å². The van der Waals surface area contributed by atoms with Gasteiger partial charge in [-0.2, -0.15) is 5.10 Å². The standard InChI is InChI=1S/C18H15F2N3O/c19-15-7-4-8-16(20)17(15)18(24)21-11-9-13-10-12-23(22-13)14-5-2-1-3-6-14/h1-8,10,12H,9,11H2,(H,21,24). The molecule has 1 amide bonds. The maximum atomic E-state index is 13.5. The Bertz CT molecular complexity index is 826. The summed E-state index contributed by atoms with van der Waals surface area (Å²) in [6.45, 7) is 0.235. The molecule has 1 heterocycles. The number of nitrogens with one attached hydrogen (secondary N) is 1. The van der Waals surface area contributed by atoms with Crippen LogP contribution in [0.2, 0.25) is 0 Å². The van der Waals surface area contributed by atoms with E-state index in [0.717, 1.165) is 23.5 Å². The van der Waals surface area contributed by atoms with Crippen LogP contribution in [-0.2, 0) is 6.42 Å². The van der Waals surface area contributed by atoms with Gasteiger partial charge in [-0.1, -0.05) is 24.3 Å². The van der Waals surface area contributed by atoms with E-state index in [1.165, 1.54) is 6.07 Å². The Balaban J connectivity index is 1.59. The Kier molecular flexibility index (Phi) is 4.65. The van der Waals surface area contributed by atoms with E-state index < -0.39 is 23.1 Å². The molecule has 122 valence electrons. The molecule has 3 rings (SSSR count). The largest absolute Gasteiger partial charge is 0.351 e. The van der Waals surface area contributed by atoms with Crippen LogP contribution in [0.1, 0.15) is 16.1 Å². The summed E-state index contributed by atoms with van der Waals surface area (Å²) in [4.78, 5) is 11.9. The Morgan fingerprint density at radius 1 is 1.00 bits per heavy atom. The number of carbonyl (C=O) groups is 1. The molecule has 0 aliphatic heterocycles. The number of benzene rings is 2. The van der Waals surface area contributed by atoms with E-state index in [9.17, 15) is 13.6 Å². The molecular formula is C18H15F2N3O. The number of amides is 1. The molecule has 3 aromatic rings. The minimum atomic E-state index is -0.874. The number of rotatable bonds is 5. The van der Waals surface area contributed by atoms with Gasteiger partial charge >= 0.3 is 0 Å². The van der Waals surface area contributed by atoms with Crippen LogP contribution in [0.15, 0.2) is 60.8 Å². The zero-order valence-electron chi connectivity index (χ0n) is 12.7. The second kappa shape index (κ2) is 7.04. The Morgan fingerprint density at radius 3 is 2.42 bits per heavy atom. The highest BCUT2D eigenvalue weighted by Gasteiger charge is 2.16. The molecule has 4 nitrogen and oxygen atoms in total. The fourth-order valence-electron chi connectivity index (χ4n) is 2.33. The summed E-state index contributed by atoms with van der Waals surface area (Å²) in [5.41, 5.74) is 1.14. The van der Waals surface area contributed by atoms with E-state index in [-0.39, 0.29) is 6.54 Å². The Labute approximate surface area is 137 Å². The van der Waals surface area contributed by atoms with E-state index in [1.54, 1.807) is 4.68 Å². The minimum absolute atomic E-state index is 0.235. The minimum Gasteiger partial charge on any atom is -0.351 e. The number of aromatic nitrogens is 2. The quantitative estimate of drug-likeness (QED) is 0.783. The normalized spacial score (nSPS) is 10.6. The first kappa shape index (κ1) is 15.9. The summed E-state index contributed by atoms with van der Waals surface area (Å²) in [6.07, 6.45) is 2.28. The van der Waals surface area contributed by atoms with Crippen LogP contribution in [0.4, 0.5) is 8.78 Å². The van der Waals surface area contributed by atoms with Crippen molar-refractivity contribution in [2.45, 2.75) is 6.42 Å². The van der Waals surface area contributed by atoms with Crippen molar-refractivity contribution >= 4 is 5.91 Å². The lowest BCUT2D eigenvalue weighted by Gasteiger charge is -2.06.